The first-order valence-electron chi connectivity index (χ1n) is 6.68. The average molecular weight is 365 g/mol. The molecule has 1 aliphatic heterocycles. The third kappa shape index (κ3) is 4.20. The lowest BCUT2D eigenvalue weighted by Gasteiger charge is -2.27. The van der Waals surface area contributed by atoms with Gasteiger partial charge in [-0.15, -0.1) is 0 Å². The van der Waals surface area contributed by atoms with E-state index in [-0.39, 0.29) is 28.0 Å². The minimum absolute atomic E-state index is 0.0384. The maximum absolute atomic E-state index is 12.8. The van der Waals surface area contributed by atoms with Gasteiger partial charge >= 0.3 is 6.18 Å². The summed E-state index contributed by atoms with van der Waals surface area (Å²) in [6.45, 7) is 2.73. The average Bonchev–Trinajstić information content (AvgIpc) is 2.39. The quantitative estimate of drug-likeness (QED) is 0.837. The van der Waals surface area contributed by atoms with E-state index in [1.807, 2.05) is 6.92 Å². The molecule has 1 amide bonds. The topological polar surface area (TPSA) is 41.1 Å². The van der Waals surface area contributed by atoms with Crippen LogP contribution in [0.4, 0.5) is 18.9 Å². The summed E-state index contributed by atoms with van der Waals surface area (Å²) in [7, 11) is 0. The highest BCUT2D eigenvalue weighted by atomic mass is 79.9. The van der Waals surface area contributed by atoms with Crippen LogP contribution >= 0.6 is 15.9 Å². The number of hydrogen-bond donors (Lipinski definition) is 2. The molecule has 1 aromatic rings. The number of anilines is 1. The zero-order valence-corrected chi connectivity index (χ0v) is 13.0. The molecule has 1 saturated heterocycles. The van der Waals surface area contributed by atoms with Crippen LogP contribution in [-0.4, -0.2) is 18.5 Å². The Balaban J connectivity index is 2.11. The molecule has 116 valence electrons. The molecule has 1 heterocycles. The Morgan fingerprint density at radius 2 is 2.14 bits per heavy atom. The Bertz CT molecular complexity index is 533. The zero-order chi connectivity index (χ0) is 15.6. The highest BCUT2D eigenvalue weighted by molar-refractivity contribution is 9.10. The van der Waals surface area contributed by atoms with Gasteiger partial charge in [-0.25, -0.2) is 0 Å². The third-order valence-electron chi connectivity index (χ3n) is 3.53. The van der Waals surface area contributed by atoms with Gasteiger partial charge in [0.25, 0.3) is 0 Å². The van der Waals surface area contributed by atoms with Crippen molar-refractivity contribution in [3.05, 3.63) is 28.2 Å². The van der Waals surface area contributed by atoms with Gasteiger partial charge in [0.05, 0.1) is 5.56 Å². The molecule has 0 saturated carbocycles. The Kier molecular flexibility index (Phi) is 4.93. The van der Waals surface area contributed by atoms with Gasteiger partial charge in [-0.05, 0) is 44.5 Å². The number of benzene rings is 1. The maximum atomic E-state index is 12.8. The zero-order valence-electron chi connectivity index (χ0n) is 11.4. The van der Waals surface area contributed by atoms with Crippen molar-refractivity contribution in [3.63, 3.8) is 0 Å². The summed E-state index contributed by atoms with van der Waals surface area (Å²) < 4.78 is 38.4. The molecule has 2 N–H and O–H groups in total. The van der Waals surface area contributed by atoms with Crippen LogP contribution < -0.4 is 10.6 Å². The first-order valence-corrected chi connectivity index (χ1v) is 7.47. The van der Waals surface area contributed by atoms with Crippen LogP contribution in [0, 0.1) is 5.92 Å². The highest BCUT2D eigenvalue weighted by Gasteiger charge is 2.33. The molecule has 0 aromatic heterocycles. The Labute approximate surface area is 129 Å². The molecule has 2 rings (SSSR count). The number of piperidine rings is 1. The Morgan fingerprint density at radius 1 is 1.43 bits per heavy atom. The number of nitrogens with one attached hydrogen (secondary N) is 2. The van der Waals surface area contributed by atoms with Crippen LogP contribution in [0.3, 0.4) is 0 Å². The number of carbonyl (C=O) groups excluding carboxylic acids is 1. The van der Waals surface area contributed by atoms with Crippen LogP contribution in [0.25, 0.3) is 0 Å². The molecule has 1 fully saturated rings. The molecule has 0 bridgehead atoms. The minimum Gasteiger partial charge on any atom is -0.326 e. The summed E-state index contributed by atoms with van der Waals surface area (Å²) in [5.41, 5.74) is -0.624. The van der Waals surface area contributed by atoms with Gasteiger partial charge in [0.1, 0.15) is 0 Å². The van der Waals surface area contributed by atoms with Crippen molar-refractivity contribution in [1.29, 1.82) is 0 Å². The summed E-state index contributed by atoms with van der Waals surface area (Å²) in [5.74, 6) is -0.391. The summed E-state index contributed by atoms with van der Waals surface area (Å²) in [5, 5.41) is 5.82. The summed E-state index contributed by atoms with van der Waals surface area (Å²) in [6, 6.07) is 3.95. The fourth-order valence-corrected chi connectivity index (χ4v) is 2.91. The van der Waals surface area contributed by atoms with Crippen molar-refractivity contribution in [3.8, 4) is 0 Å². The minimum atomic E-state index is -4.46. The van der Waals surface area contributed by atoms with Crippen LogP contribution in [0.2, 0.25) is 0 Å². The fraction of sp³-hybridized carbons (Fsp3) is 0.500. The number of rotatable bonds is 2. The van der Waals surface area contributed by atoms with E-state index in [0.29, 0.717) is 12.8 Å². The SMILES string of the molecule is C[C@H]1C[C@@H](C(=O)Nc2ccc(Br)c(C(F)(F)F)c2)CCN1. The van der Waals surface area contributed by atoms with Gasteiger partial charge in [0, 0.05) is 22.1 Å². The molecule has 1 aliphatic rings. The number of carbonyl (C=O) groups is 1. The van der Waals surface area contributed by atoms with Crippen molar-refractivity contribution < 1.29 is 18.0 Å². The van der Waals surface area contributed by atoms with Crippen LogP contribution in [0.15, 0.2) is 22.7 Å². The third-order valence-corrected chi connectivity index (χ3v) is 4.23. The molecular weight excluding hydrogens is 349 g/mol. The van der Waals surface area contributed by atoms with Gasteiger partial charge in [0.15, 0.2) is 0 Å². The molecular formula is C14H16BrF3N2O. The van der Waals surface area contributed by atoms with E-state index in [0.717, 1.165) is 12.6 Å². The van der Waals surface area contributed by atoms with Crippen molar-refractivity contribution in [2.24, 2.45) is 5.92 Å². The standard InChI is InChI=1S/C14H16BrF3N2O/c1-8-6-9(4-5-19-8)13(21)20-10-2-3-12(15)11(7-10)14(16,17)18/h2-3,7-9,19H,4-6H2,1H3,(H,20,21)/t8-,9-/m0/s1. The predicted octanol–water partition coefficient (Wildman–Crippen LogP) is 3.79. The maximum Gasteiger partial charge on any atom is 0.417 e. The number of halogens is 4. The lowest BCUT2D eigenvalue weighted by molar-refractivity contribution is -0.138. The summed E-state index contributed by atoms with van der Waals surface area (Å²) in [6.07, 6.45) is -3.07. The fourth-order valence-electron chi connectivity index (χ4n) is 2.43. The van der Waals surface area contributed by atoms with Gasteiger partial charge < -0.3 is 10.6 Å². The van der Waals surface area contributed by atoms with Gasteiger partial charge in [-0.1, -0.05) is 15.9 Å². The second-order valence-corrected chi connectivity index (χ2v) is 6.11. The first kappa shape index (κ1) is 16.3. The van der Waals surface area contributed by atoms with E-state index in [2.05, 4.69) is 26.6 Å². The van der Waals surface area contributed by atoms with E-state index < -0.39 is 11.7 Å². The van der Waals surface area contributed by atoms with E-state index in [4.69, 9.17) is 0 Å². The van der Waals surface area contributed by atoms with Crippen molar-refractivity contribution in [2.75, 3.05) is 11.9 Å². The molecule has 3 nitrogen and oxygen atoms in total. The van der Waals surface area contributed by atoms with Gasteiger partial charge in [-0.2, -0.15) is 13.2 Å². The Hall–Kier alpha value is -1.08. The Morgan fingerprint density at radius 3 is 2.76 bits per heavy atom. The van der Waals surface area contributed by atoms with Crippen LogP contribution in [0.1, 0.15) is 25.3 Å². The molecule has 21 heavy (non-hydrogen) atoms. The van der Waals surface area contributed by atoms with E-state index in [1.165, 1.54) is 12.1 Å². The number of hydrogen-bond acceptors (Lipinski definition) is 2. The lowest BCUT2D eigenvalue weighted by atomic mass is 9.92. The largest absolute Gasteiger partial charge is 0.417 e. The molecule has 0 aliphatic carbocycles. The van der Waals surface area contributed by atoms with Crippen LogP contribution in [0.5, 0.6) is 0 Å². The monoisotopic (exact) mass is 364 g/mol. The predicted molar refractivity (Wildman–Crippen MR) is 78.0 cm³/mol. The van der Waals surface area contributed by atoms with Crippen molar-refractivity contribution in [1.82, 2.24) is 5.32 Å². The van der Waals surface area contributed by atoms with Gasteiger partial charge in [-0.3, -0.25) is 4.79 Å². The number of amides is 1. The van der Waals surface area contributed by atoms with E-state index >= 15 is 0 Å². The summed E-state index contributed by atoms with van der Waals surface area (Å²) >= 11 is 2.88. The molecule has 1 aromatic carbocycles. The highest BCUT2D eigenvalue weighted by Crippen LogP contribution is 2.36. The van der Waals surface area contributed by atoms with Crippen molar-refractivity contribution >= 4 is 27.5 Å². The molecule has 0 spiro atoms. The number of alkyl halides is 3. The normalized spacial score (nSPS) is 22.9. The second kappa shape index (κ2) is 6.36. The molecule has 0 unspecified atom stereocenters. The van der Waals surface area contributed by atoms with Gasteiger partial charge in [0.2, 0.25) is 5.91 Å². The van der Waals surface area contributed by atoms with E-state index in [1.54, 1.807) is 0 Å². The smallest absolute Gasteiger partial charge is 0.326 e. The first-order chi connectivity index (χ1) is 9.77. The molecule has 2 atom stereocenters. The summed E-state index contributed by atoms with van der Waals surface area (Å²) in [4.78, 5) is 12.1. The van der Waals surface area contributed by atoms with E-state index in [9.17, 15) is 18.0 Å². The van der Waals surface area contributed by atoms with Crippen LogP contribution in [-0.2, 0) is 11.0 Å². The van der Waals surface area contributed by atoms with Crippen molar-refractivity contribution in [2.45, 2.75) is 32.0 Å². The molecule has 7 heteroatoms. The molecule has 0 radical (unpaired) electrons. The lowest BCUT2D eigenvalue weighted by Crippen LogP contribution is -2.40. The second-order valence-electron chi connectivity index (χ2n) is 5.26.